The van der Waals surface area contributed by atoms with E-state index in [0.717, 1.165) is 11.1 Å². The van der Waals surface area contributed by atoms with Crippen molar-refractivity contribution in [2.45, 2.75) is 12.0 Å². The molecule has 0 saturated carbocycles. The molecule has 3 amide bonds. The predicted molar refractivity (Wildman–Crippen MR) is 79.4 cm³/mol. The zero-order valence-electron chi connectivity index (χ0n) is 11.3. The molecular weight excluding hydrogens is 266 g/mol. The van der Waals surface area contributed by atoms with Crippen LogP contribution in [-0.2, 0) is 16.8 Å². The zero-order valence-corrected chi connectivity index (χ0v) is 11.3. The molecule has 0 spiro atoms. The summed E-state index contributed by atoms with van der Waals surface area (Å²) in [5.41, 5.74) is 6.94. The third kappa shape index (κ3) is 2.33. The Morgan fingerprint density at radius 2 is 1.62 bits per heavy atom. The van der Waals surface area contributed by atoms with Crippen LogP contribution in [0.1, 0.15) is 11.1 Å². The predicted octanol–water partition coefficient (Wildman–Crippen LogP) is 1.55. The first-order valence-corrected chi connectivity index (χ1v) is 6.64. The molecule has 1 saturated heterocycles. The Hall–Kier alpha value is -2.82. The second kappa shape index (κ2) is 4.94. The van der Waals surface area contributed by atoms with E-state index in [1.807, 2.05) is 42.5 Å². The monoisotopic (exact) mass is 281 g/mol. The molecule has 1 aliphatic heterocycles. The first-order valence-electron chi connectivity index (χ1n) is 6.64. The van der Waals surface area contributed by atoms with Crippen LogP contribution in [-0.4, -0.2) is 11.9 Å². The number of benzene rings is 2. The van der Waals surface area contributed by atoms with Gasteiger partial charge in [-0.2, -0.15) is 0 Å². The molecule has 0 bridgehead atoms. The molecule has 21 heavy (non-hydrogen) atoms. The summed E-state index contributed by atoms with van der Waals surface area (Å²) in [4.78, 5) is 24.0. The molecule has 1 atom stereocenters. The number of carbonyl (C=O) groups excluding carboxylic acids is 2. The summed E-state index contributed by atoms with van der Waals surface area (Å²) in [7, 11) is 0. The third-order valence-corrected chi connectivity index (χ3v) is 3.66. The van der Waals surface area contributed by atoms with Gasteiger partial charge >= 0.3 is 6.03 Å². The summed E-state index contributed by atoms with van der Waals surface area (Å²) in [6.07, 6.45) is 0.370. The smallest absolute Gasteiger partial charge is 0.322 e. The van der Waals surface area contributed by atoms with Gasteiger partial charge in [-0.1, -0.05) is 42.5 Å². The molecule has 1 aliphatic rings. The van der Waals surface area contributed by atoms with Gasteiger partial charge in [0.2, 0.25) is 0 Å². The van der Waals surface area contributed by atoms with Gasteiger partial charge in [0.05, 0.1) is 0 Å². The molecule has 0 unspecified atom stereocenters. The van der Waals surface area contributed by atoms with E-state index in [1.54, 1.807) is 12.1 Å². The lowest BCUT2D eigenvalue weighted by Crippen LogP contribution is -2.45. The minimum atomic E-state index is -1.07. The van der Waals surface area contributed by atoms with Gasteiger partial charge in [-0.05, 0) is 23.3 Å². The number of urea groups is 1. The number of carbonyl (C=O) groups is 2. The molecule has 3 rings (SSSR count). The first-order chi connectivity index (χ1) is 10.1. The zero-order chi connectivity index (χ0) is 14.9. The highest BCUT2D eigenvalue weighted by atomic mass is 16.2. The van der Waals surface area contributed by atoms with Gasteiger partial charge in [0, 0.05) is 12.1 Å². The van der Waals surface area contributed by atoms with Crippen LogP contribution in [0.5, 0.6) is 0 Å². The van der Waals surface area contributed by atoms with Crippen molar-refractivity contribution < 1.29 is 9.59 Å². The van der Waals surface area contributed by atoms with Crippen molar-refractivity contribution in [1.82, 2.24) is 10.6 Å². The Kier molecular flexibility index (Phi) is 3.10. The van der Waals surface area contributed by atoms with Crippen molar-refractivity contribution in [2.24, 2.45) is 0 Å². The number of hydrogen-bond donors (Lipinski definition) is 3. The Balaban J connectivity index is 2.03. The van der Waals surface area contributed by atoms with Gasteiger partial charge in [-0.25, -0.2) is 4.79 Å². The van der Waals surface area contributed by atoms with E-state index in [0.29, 0.717) is 12.1 Å². The Bertz CT molecular complexity index is 682. The quantitative estimate of drug-likeness (QED) is 0.589. The van der Waals surface area contributed by atoms with Gasteiger partial charge in [0.15, 0.2) is 5.54 Å². The van der Waals surface area contributed by atoms with Crippen LogP contribution in [0.2, 0.25) is 0 Å². The molecule has 2 aromatic rings. The number of nitrogen functional groups attached to an aromatic ring is 1. The van der Waals surface area contributed by atoms with Crippen molar-refractivity contribution in [1.29, 1.82) is 0 Å². The van der Waals surface area contributed by atoms with E-state index in [-0.39, 0.29) is 5.91 Å². The normalized spacial score (nSPS) is 21.0. The second-order valence-corrected chi connectivity index (χ2v) is 5.10. The van der Waals surface area contributed by atoms with Crippen LogP contribution in [0.4, 0.5) is 10.5 Å². The number of anilines is 1. The molecule has 0 aliphatic carbocycles. The topological polar surface area (TPSA) is 84.2 Å². The van der Waals surface area contributed by atoms with Gasteiger partial charge < -0.3 is 11.1 Å². The minimum absolute atomic E-state index is 0.337. The third-order valence-electron chi connectivity index (χ3n) is 3.66. The van der Waals surface area contributed by atoms with E-state index >= 15 is 0 Å². The van der Waals surface area contributed by atoms with Gasteiger partial charge in [-0.3, -0.25) is 10.1 Å². The molecule has 1 heterocycles. The van der Waals surface area contributed by atoms with Crippen molar-refractivity contribution in [3.05, 3.63) is 65.7 Å². The van der Waals surface area contributed by atoms with Gasteiger partial charge in [0.1, 0.15) is 0 Å². The molecule has 1 fully saturated rings. The van der Waals surface area contributed by atoms with E-state index in [2.05, 4.69) is 10.6 Å². The molecule has 5 nitrogen and oxygen atoms in total. The number of nitrogens with two attached hydrogens (primary N) is 1. The number of hydrogen-bond acceptors (Lipinski definition) is 3. The number of amides is 3. The fourth-order valence-corrected chi connectivity index (χ4v) is 2.59. The van der Waals surface area contributed by atoms with E-state index in [1.165, 1.54) is 0 Å². The van der Waals surface area contributed by atoms with Gasteiger partial charge in [0.25, 0.3) is 5.91 Å². The van der Waals surface area contributed by atoms with E-state index < -0.39 is 11.6 Å². The highest BCUT2D eigenvalue weighted by Crippen LogP contribution is 2.29. The molecule has 0 aromatic heterocycles. The van der Waals surface area contributed by atoms with Gasteiger partial charge in [-0.15, -0.1) is 0 Å². The van der Waals surface area contributed by atoms with Crippen LogP contribution in [0.3, 0.4) is 0 Å². The maximum atomic E-state index is 12.4. The number of nitrogens with one attached hydrogen (secondary N) is 2. The summed E-state index contributed by atoms with van der Waals surface area (Å²) in [5.74, 6) is -0.337. The average molecular weight is 281 g/mol. The molecule has 106 valence electrons. The van der Waals surface area contributed by atoms with E-state index in [9.17, 15) is 9.59 Å². The summed E-state index contributed by atoms with van der Waals surface area (Å²) >= 11 is 0. The van der Waals surface area contributed by atoms with E-state index in [4.69, 9.17) is 5.73 Å². The fourth-order valence-electron chi connectivity index (χ4n) is 2.59. The van der Waals surface area contributed by atoms with Crippen molar-refractivity contribution >= 4 is 17.6 Å². The van der Waals surface area contributed by atoms with Crippen molar-refractivity contribution in [2.75, 3.05) is 5.73 Å². The molecule has 2 aromatic carbocycles. The minimum Gasteiger partial charge on any atom is -0.399 e. The number of rotatable bonds is 3. The number of imide groups is 1. The molecule has 5 heteroatoms. The fraction of sp³-hybridized carbons (Fsp3) is 0.125. The standard InChI is InChI=1S/C16H15N3O2/c17-13-8-6-11(7-9-13)10-16(12-4-2-1-3-5-12)14(20)18-15(21)19-16/h1-9H,10,17H2,(H2,18,19,20,21)/t16-/m0/s1. The Morgan fingerprint density at radius 1 is 0.952 bits per heavy atom. The summed E-state index contributed by atoms with van der Waals surface area (Å²) in [5, 5.41) is 5.09. The Morgan fingerprint density at radius 3 is 2.19 bits per heavy atom. The highest BCUT2D eigenvalue weighted by Gasteiger charge is 2.47. The lowest BCUT2D eigenvalue weighted by Gasteiger charge is -2.26. The highest BCUT2D eigenvalue weighted by molar-refractivity contribution is 6.07. The molecule has 4 N–H and O–H groups in total. The van der Waals surface area contributed by atoms with Crippen LogP contribution in [0, 0.1) is 0 Å². The summed E-state index contributed by atoms with van der Waals surface area (Å²) < 4.78 is 0. The average Bonchev–Trinajstić information content (AvgIpc) is 2.77. The summed E-state index contributed by atoms with van der Waals surface area (Å²) in [6, 6.07) is 16.0. The van der Waals surface area contributed by atoms with Crippen LogP contribution in [0.25, 0.3) is 0 Å². The molecular formula is C16H15N3O2. The first kappa shape index (κ1) is 13.2. The van der Waals surface area contributed by atoms with Crippen molar-refractivity contribution in [3.8, 4) is 0 Å². The maximum absolute atomic E-state index is 12.4. The molecule has 0 radical (unpaired) electrons. The second-order valence-electron chi connectivity index (χ2n) is 5.10. The van der Waals surface area contributed by atoms with Crippen LogP contribution < -0.4 is 16.4 Å². The SMILES string of the molecule is Nc1ccc(C[C@@]2(c3ccccc3)NC(=O)NC2=O)cc1. The lowest BCUT2D eigenvalue weighted by atomic mass is 9.84. The lowest BCUT2D eigenvalue weighted by molar-refractivity contribution is -0.124. The van der Waals surface area contributed by atoms with Crippen molar-refractivity contribution in [3.63, 3.8) is 0 Å². The largest absolute Gasteiger partial charge is 0.399 e. The summed E-state index contributed by atoms with van der Waals surface area (Å²) in [6.45, 7) is 0. The maximum Gasteiger partial charge on any atom is 0.322 e. The van der Waals surface area contributed by atoms with Crippen LogP contribution in [0.15, 0.2) is 54.6 Å². The Labute approximate surface area is 122 Å². The van der Waals surface area contributed by atoms with Crippen LogP contribution >= 0.6 is 0 Å².